The van der Waals surface area contributed by atoms with Crippen molar-refractivity contribution in [1.82, 2.24) is 25.8 Å². The minimum Gasteiger partial charge on any atom is -0.497 e. The Morgan fingerprint density at radius 3 is 2.86 bits per heavy atom. The van der Waals surface area contributed by atoms with Crippen LogP contribution in [-0.4, -0.2) is 59.9 Å². The summed E-state index contributed by atoms with van der Waals surface area (Å²) in [5.74, 6) is -0.777. The quantitative estimate of drug-likeness (QED) is 0.525. The number of fused-ring (bicyclic) bond motifs is 2. The summed E-state index contributed by atoms with van der Waals surface area (Å²) in [7, 11) is 1.54. The van der Waals surface area contributed by atoms with Gasteiger partial charge in [-0.1, -0.05) is 6.08 Å². The van der Waals surface area contributed by atoms with Crippen molar-refractivity contribution >= 4 is 34.9 Å². The molecule has 0 spiro atoms. The molecular formula is C24H23N5O6. The summed E-state index contributed by atoms with van der Waals surface area (Å²) in [4.78, 5) is 56.7. The van der Waals surface area contributed by atoms with Gasteiger partial charge in [-0.05, 0) is 31.1 Å². The molecular weight excluding hydrogens is 454 g/mol. The summed E-state index contributed by atoms with van der Waals surface area (Å²) in [5.41, 5.74) is -0.567. The van der Waals surface area contributed by atoms with E-state index in [9.17, 15) is 19.2 Å². The molecule has 2 aliphatic heterocycles. The molecule has 4 aliphatic rings. The highest BCUT2D eigenvalue weighted by Gasteiger charge is 2.54. The lowest BCUT2D eigenvalue weighted by molar-refractivity contribution is -0.133. The molecule has 3 atom stereocenters. The highest BCUT2D eigenvalue weighted by molar-refractivity contribution is 6.08. The van der Waals surface area contributed by atoms with Gasteiger partial charge in [0.1, 0.15) is 17.0 Å². The number of carbonyl (C=O) groups excluding carboxylic acids is 4. The van der Waals surface area contributed by atoms with E-state index in [-0.39, 0.29) is 36.1 Å². The lowest BCUT2D eigenvalue weighted by Crippen LogP contribution is -2.53. The third-order valence-electron chi connectivity index (χ3n) is 6.91. The van der Waals surface area contributed by atoms with Gasteiger partial charge < -0.3 is 24.7 Å². The maximum absolute atomic E-state index is 13.2. The van der Waals surface area contributed by atoms with E-state index in [1.807, 2.05) is 12.2 Å². The number of ether oxygens (including phenoxy) is 1. The van der Waals surface area contributed by atoms with Gasteiger partial charge in [0, 0.05) is 30.8 Å². The molecule has 5 amide bonds. The lowest BCUT2D eigenvalue weighted by Gasteiger charge is -2.29. The van der Waals surface area contributed by atoms with Gasteiger partial charge in [0.25, 0.3) is 11.8 Å². The summed E-state index contributed by atoms with van der Waals surface area (Å²) in [5, 5.41) is 7.82. The summed E-state index contributed by atoms with van der Waals surface area (Å²) < 4.78 is 11.2. The van der Waals surface area contributed by atoms with Crippen molar-refractivity contribution in [3.8, 4) is 0 Å². The summed E-state index contributed by atoms with van der Waals surface area (Å²) in [6, 6.07) is 2.62. The molecule has 11 nitrogen and oxygen atoms in total. The second kappa shape index (κ2) is 7.69. The number of aromatic nitrogens is 1. The molecule has 35 heavy (non-hydrogen) atoms. The van der Waals surface area contributed by atoms with Crippen LogP contribution in [-0.2, 0) is 19.9 Å². The Labute approximate surface area is 199 Å². The zero-order valence-electron chi connectivity index (χ0n) is 18.9. The van der Waals surface area contributed by atoms with E-state index in [4.69, 9.17) is 9.15 Å². The number of nitrogens with zero attached hydrogens (tertiary/aromatic N) is 2. The Hall–Kier alpha value is -4.15. The molecule has 2 aromatic heterocycles. The average molecular weight is 477 g/mol. The predicted octanol–water partition coefficient (Wildman–Crippen LogP) is 0.929. The first-order valence-corrected chi connectivity index (χ1v) is 11.4. The minimum absolute atomic E-state index is 0.0662. The van der Waals surface area contributed by atoms with Crippen molar-refractivity contribution in [2.75, 3.05) is 20.2 Å². The van der Waals surface area contributed by atoms with Crippen molar-refractivity contribution < 1.29 is 28.3 Å². The third-order valence-corrected chi connectivity index (χ3v) is 6.91. The van der Waals surface area contributed by atoms with Crippen LogP contribution in [0.1, 0.15) is 29.0 Å². The highest BCUT2D eigenvalue weighted by atomic mass is 16.5. The number of pyridine rings is 1. The zero-order chi connectivity index (χ0) is 24.3. The normalized spacial score (nSPS) is 27.5. The molecule has 0 bridgehead atoms. The Morgan fingerprint density at radius 2 is 2.14 bits per heavy atom. The molecule has 2 aliphatic carbocycles. The van der Waals surface area contributed by atoms with Crippen LogP contribution in [0.25, 0.3) is 11.1 Å². The number of hydrogen-bond donors (Lipinski definition) is 3. The zero-order valence-corrected chi connectivity index (χ0v) is 18.9. The molecule has 3 N–H and O–H groups in total. The largest absolute Gasteiger partial charge is 0.497 e. The van der Waals surface area contributed by atoms with E-state index in [0.717, 1.165) is 12.8 Å². The molecule has 0 aromatic carbocycles. The first kappa shape index (κ1) is 21.4. The van der Waals surface area contributed by atoms with E-state index >= 15 is 0 Å². The van der Waals surface area contributed by atoms with Crippen LogP contribution in [0.15, 0.2) is 46.7 Å². The number of carbonyl (C=O) groups is 4. The monoisotopic (exact) mass is 477 g/mol. The Morgan fingerprint density at radius 1 is 1.31 bits per heavy atom. The van der Waals surface area contributed by atoms with Crippen LogP contribution in [0.4, 0.5) is 4.79 Å². The van der Waals surface area contributed by atoms with Gasteiger partial charge in [0.15, 0.2) is 11.1 Å². The fraction of sp³-hybridized carbons (Fsp3) is 0.375. The van der Waals surface area contributed by atoms with Crippen molar-refractivity contribution in [3.63, 3.8) is 0 Å². The number of urea groups is 1. The number of hydrogen-bond acceptors (Lipinski definition) is 7. The van der Waals surface area contributed by atoms with E-state index < -0.39 is 23.4 Å². The van der Waals surface area contributed by atoms with Crippen LogP contribution >= 0.6 is 0 Å². The number of imide groups is 1. The summed E-state index contributed by atoms with van der Waals surface area (Å²) >= 11 is 0. The van der Waals surface area contributed by atoms with E-state index in [1.54, 1.807) is 23.1 Å². The van der Waals surface area contributed by atoms with Gasteiger partial charge in [0.05, 0.1) is 25.1 Å². The molecule has 1 saturated carbocycles. The van der Waals surface area contributed by atoms with Gasteiger partial charge in [0.2, 0.25) is 5.91 Å². The Kier molecular flexibility index (Phi) is 4.70. The van der Waals surface area contributed by atoms with Crippen molar-refractivity contribution in [2.24, 2.45) is 11.8 Å². The highest BCUT2D eigenvalue weighted by Crippen LogP contribution is 2.36. The molecule has 2 aromatic rings. The Balaban J connectivity index is 1.33. The van der Waals surface area contributed by atoms with Gasteiger partial charge in [-0.2, -0.15) is 0 Å². The molecule has 3 unspecified atom stereocenters. The lowest BCUT2D eigenvalue weighted by atomic mass is 9.91. The van der Waals surface area contributed by atoms with Gasteiger partial charge in [-0.3, -0.25) is 24.7 Å². The van der Waals surface area contributed by atoms with Crippen molar-refractivity contribution in [1.29, 1.82) is 0 Å². The molecule has 3 fully saturated rings. The molecule has 0 radical (unpaired) electrons. The average Bonchev–Trinajstić information content (AvgIpc) is 3.35. The number of nitrogens with one attached hydrogen (secondary N) is 3. The minimum atomic E-state index is -1.63. The number of likely N-dealkylation sites (tertiary alicyclic amines) is 1. The number of amides is 5. The number of furan rings is 1. The molecule has 2 saturated heterocycles. The van der Waals surface area contributed by atoms with Gasteiger partial charge in [-0.15, -0.1) is 0 Å². The van der Waals surface area contributed by atoms with Crippen LogP contribution in [0.2, 0.25) is 0 Å². The predicted molar refractivity (Wildman–Crippen MR) is 121 cm³/mol. The summed E-state index contributed by atoms with van der Waals surface area (Å²) in [6.45, 7) is 0.262. The maximum Gasteiger partial charge on any atom is 0.322 e. The van der Waals surface area contributed by atoms with E-state index in [0.29, 0.717) is 29.0 Å². The third kappa shape index (κ3) is 3.54. The second-order valence-electron chi connectivity index (χ2n) is 9.32. The molecule has 4 heterocycles. The van der Waals surface area contributed by atoms with E-state index in [2.05, 4.69) is 20.9 Å². The van der Waals surface area contributed by atoms with Crippen molar-refractivity contribution in [2.45, 2.75) is 24.4 Å². The molecule has 11 heteroatoms. The standard InChI is InChI=1S/C24H23N5O6/c1-34-15-5-2-12-10-29(21(31)16(12)7-15)11-24(22(32)27-23(33)28-24)19-8-17-18(35-19)6-13(9-25-17)20(30)26-14-3-4-14/h2,5-9,12,14,16H,3-4,10-11H2,1H3,(H,26,30)(H2,27,28,32,33). The van der Waals surface area contributed by atoms with Crippen LogP contribution < -0.4 is 16.0 Å². The van der Waals surface area contributed by atoms with Gasteiger partial charge in [-0.25, -0.2) is 4.79 Å². The fourth-order valence-corrected chi connectivity index (χ4v) is 4.85. The molecule has 180 valence electrons. The topological polar surface area (TPSA) is 143 Å². The van der Waals surface area contributed by atoms with Crippen LogP contribution in [0.5, 0.6) is 0 Å². The maximum atomic E-state index is 13.2. The van der Waals surface area contributed by atoms with Crippen molar-refractivity contribution in [3.05, 3.63) is 53.6 Å². The second-order valence-corrected chi connectivity index (χ2v) is 9.32. The SMILES string of the molecule is COC1=CC2C(=O)N(CC3(c4cc5ncc(C(=O)NC6CC6)cc5o4)NC(=O)NC3=O)CC2C=C1. The smallest absolute Gasteiger partial charge is 0.322 e. The first-order valence-electron chi connectivity index (χ1n) is 11.4. The molecule has 6 rings (SSSR count). The van der Waals surface area contributed by atoms with Crippen LogP contribution in [0, 0.1) is 11.8 Å². The van der Waals surface area contributed by atoms with Crippen LogP contribution in [0.3, 0.4) is 0 Å². The number of allylic oxidation sites excluding steroid dienone is 1. The van der Waals surface area contributed by atoms with E-state index in [1.165, 1.54) is 13.3 Å². The summed E-state index contributed by atoms with van der Waals surface area (Å²) in [6.07, 6.45) is 8.87. The fourth-order valence-electron chi connectivity index (χ4n) is 4.85. The number of methoxy groups -OCH3 is 1. The number of rotatable bonds is 6. The van der Waals surface area contributed by atoms with Gasteiger partial charge >= 0.3 is 6.03 Å². The Bertz CT molecular complexity index is 1340. The first-order chi connectivity index (χ1) is 16.9.